The van der Waals surface area contributed by atoms with E-state index in [-0.39, 0.29) is 18.2 Å². The molecule has 4 nitrogen and oxygen atoms in total. The third-order valence-electron chi connectivity index (χ3n) is 6.40. The molecule has 168 valence electrons. The molecule has 0 aliphatic heterocycles. The largest absolute Gasteiger partial charge is 0.481 e. The molecule has 0 atom stereocenters. The number of carbonyl (C=O) groups is 1. The van der Waals surface area contributed by atoms with Gasteiger partial charge in [0, 0.05) is 16.5 Å². The summed E-state index contributed by atoms with van der Waals surface area (Å²) in [6.45, 7) is 4.51. The van der Waals surface area contributed by atoms with Crippen molar-refractivity contribution in [1.29, 1.82) is 0 Å². The summed E-state index contributed by atoms with van der Waals surface area (Å²) in [6.07, 6.45) is 8.59. The fourth-order valence-electron chi connectivity index (χ4n) is 4.51. The lowest BCUT2D eigenvalue weighted by Crippen LogP contribution is -2.09. The average Bonchev–Trinajstić information content (AvgIpc) is 3.34. The standard InChI is InChI=1S/C30H26N2O2/c1-4-16-34-25-14-15-27-26(18-25)28(22-11-8-20(9-12-22)19(2)3)32-30(31-27)29(33)24-13-10-21-6-5-7-23(21)17-24/h1,8-15,17-19H,5-7,16H2,2-3H3. The summed E-state index contributed by atoms with van der Waals surface area (Å²) in [7, 11) is 0. The summed E-state index contributed by atoms with van der Waals surface area (Å²) in [5.41, 5.74) is 6.79. The third kappa shape index (κ3) is 4.18. The van der Waals surface area contributed by atoms with E-state index in [0.29, 0.717) is 28.4 Å². The minimum atomic E-state index is -0.163. The Labute approximate surface area is 200 Å². The van der Waals surface area contributed by atoms with Crippen LogP contribution in [-0.2, 0) is 12.8 Å². The Morgan fingerprint density at radius 2 is 1.79 bits per heavy atom. The van der Waals surface area contributed by atoms with E-state index in [1.54, 1.807) is 0 Å². The number of ether oxygens (including phenoxy) is 1. The highest BCUT2D eigenvalue weighted by molar-refractivity contribution is 6.08. The number of ketones is 1. The van der Waals surface area contributed by atoms with Crippen LogP contribution in [0.15, 0.2) is 60.7 Å². The van der Waals surface area contributed by atoms with Crippen molar-refractivity contribution in [2.75, 3.05) is 6.61 Å². The van der Waals surface area contributed by atoms with Crippen LogP contribution in [0.2, 0.25) is 0 Å². The number of aryl methyl sites for hydroxylation is 2. The van der Waals surface area contributed by atoms with Crippen LogP contribution in [0, 0.1) is 12.3 Å². The molecule has 34 heavy (non-hydrogen) atoms. The lowest BCUT2D eigenvalue weighted by Gasteiger charge is -2.12. The van der Waals surface area contributed by atoms with Gasteiger partial charge in [0.25, 0.3) is 0 Å². The predicted molar refractivity (Wildman–Crippen MR) is 135 cm³/mol. The van der Waals surface area contributed by atoms with Gasteiger partial charge in [-0.25, -0.2) is 9.97 Å². The van der Waals surface area contributed by atoms with Crippen LogP contribution in [0.25, 0.3) is 22.2 Å². The van der Waals surface area contributed by atoms with Gasteiger partial charge in [-0.05, 0) is 66.1 Å². The van der Waals surface area contributed by atoms with E-state index >= 15 is 0 Å². The Morgan fingerprint density at radius 3 is 2.56 bits per heavy atom. The van der Waals surface area contributed by atoms with Crippen LogP contribution in [0.5, 0.6) is 5.75 Å². The van der Waals surface area contributed by atoms with Gasteiger partial charge in [-0.1, -0.05) is 56.2 Å². The maximum Gasteiger partial charge on any atom is 0.230 e. The van der Waals surface area contributed by atoms with Gasteiger partial charge in [-0.15, -0.1) is 6.42 Å². The lowest BCUT2D eigenvalue weighted by atomic mass is 9.99. The Hall–Kier alpha value is -3.97. The second kappa shape index (κ2) is 9.11. The molecule has 0 saturated heterocycles. The van der Waals surface area contributed by atoms with Crippen molar-refractivity contribution in [2.45, 2.75) is 39.0 Å². The second-order valence-electron chi connectivity index (χ2n) is 9.01. The minimum absolute atomic E-state index is 0.163. The van der Waals surface area contributed by atoms with Crippen LogP contribution in [0.3, 0.4) is 0 Å². The topological polar surface area (TPSA) is 52.1 Å². The van der Waals surface area contributed by atoms with Crippen LogP contribution >= 0.6 is 0 Å². The summed E-state index contributed by atoms with van der Waals surface area (Å²) in [4.78, 5) is 22.9. The molecular weight excluding hydrogens is 420 g/mol. The molecule has 1 heterocycles. The quantitative estimate of drug-likeness (QED) is 0.263. The molecule has 0 unspecified atom stereocenters. The molecule has 0 fully saturated rings. The molecule has 0 bridgehead atoms. The van der Waals surface area contributed by atoms with Gasteiger partial charge in [0.15, 0.2) is 0 Å². The number of benzene rings is 3. The van der Waals surface area contributed by atoms with E-state index in [1.807, 2.05) is 30.3 Å². The van der Waals surface area contributed by atoms with Crippen molar-refractivity contribution >= 4 is 16.7 Å². The van der Waals surface area contributed by atoms with Crippen molar-refractivity contribution in [3.8, 4) is 29.4 Å². The highest BCUT2D eigenvalue weighted by Crippen LogP contribution is 2.31. The summed E-state index contributed by atoms with van der Waals surface area (Å²) in [5.74, 6) is 3.60. The van der Waals surface area contributed by atoms with Crippen LogP contribution < -0.4 is 4.74 Å². The molecular formula is C30H26N2O2. The maximum absolute atomic E-state index is 13.5. The first-order valence-corrected chi connectivity index (χ1v) is 11.7. The van der Waals surface area contributed by atoms with Crippen molar-refractivity contribution in [1.82, 2.24) is 9.97 Å². The molecule has 1 aliphatic carbocycles. The Bertz CT molecular complexity index is 1430. The van der Waals surface area contributed by atoms with E-state index in [2.05, 4.69) is 55.1 Å². The fraction of sp³-hybridized carbons (Fsp3) is 0.233. The molecule has 4 aromatic rings. The molecule has 0 N–H and O–H groups in total. The highest BCUT2D eigenvalue weighted by Gasteiger charge is 2.20. The Kier molecular flexibility index (Phi) is 5.86. The van der Waals surface area contributed by atoms with Gasteiger partial charge in [-0.3, -0.25) is 4.79 Å². The van der Waals surface area contributed by atoms with Crippen molar-refractivity contribution in [3.63, 3.8) is 0 Å². The third-order valence-corrected chi connectivity index (χ3v) is 6.40. The zero-order valence-electron chi connectivity index (χ0n) is 19.5. The van der Waals surface area contributed by atoms with Gasteiger partial charge in [0.1, 0.15) is 12.4 Å². The molecule has 0 amide bonds. The first kappa shape index (κ1) is 21.9. The van der Waals surface area contributed by atoms with Gasteiger partial charge in [-0.2, -0.15) is 0 Å². The Morgan fingerprint density at radius 1 is 1.00 bits per heavy atom. The van der Waals surface area contributed by atoms with E-state index in [1.165, 1.54) is 16.7 Å². The summed E-state index contributed by atoms with van der Waals surface area (Å²) in [5, 5.41) is 0.817. The zero-order valence-corrected chi connectivity index (χ0v) is 19.5. The molecule has 0 radical (unpaired) electrons. The number of aromatic nitrogens is 2. The van der Waals surface area contributed by atoms with Gasteiger partial charge >= 0.3 is 0 Å². The number of rotatable bonds is 6. The van der Waals surface area contributed by atoms with Crippen LogP contribution in [-0.4, -0.2) is 22.4 Å². The zero-order chi connectivity index (χ0) is 23.7. The molecule has 1 aliphatic rings. The number of hydrogen-bond donors (Lipinski definition) is 0. The van der Waals surface area contributed by atoms with E-state index in [0.717, 1.165) is 30.2 Å². The summed E-state index contributed by atoms with van der Waals surface area (Å²) < 4.78 is 5.64. The summed E-state index contributed by atoms with van der Waals surface area (Å²) in [6, 6.07) is 19.9. The van der Waals surface area contributed by atoms with Crippen LogP contribution in [0.4, 0.5) is 0 Å². The minimum Gasteiger partial charge on any atom is -0.481 e. The van der Waals surface area contributed by atoms with Crippen molar-refractivity contribution in [3.05, 3.63) is 88.7 Å². The summed E-state index contributed by atoms with van der Waals surface area (Å²) >= 11 is 0. The first-order chi connectivity index (χ1) is 16.5. The number of carbonyl (C=O) groups excluding carboxylic acids is 1. The highest BCUT2D eigenvalue weighted by atomic mass is 16.5. The lowest BCUT2D eigenvalue weighted by molar-refractivity contribution is 0.102. The van der Waals surface area contributed by atoms with Gasteiger partial charge in [0.2, 0.25) is 11.6 Å². The van der Waals surface area contributed by atoms with Crippen LogP contribution in [0.1, 0.15) is 59.1 Å². The van der Waals surface area contributed by atoms with Gasteiger partial charge in [0.05, 0.1) is 11.2 Å². The predicted octanol–water partition coefficient (Wildman–Crippen LogP) is 6.15. The smallest absolute Gasteiger partial charge is 0.230 e. The average molecular weight is 447 g/mol. The SMILES string of the molecule is C#CCOc1ccc2nc(C(=O)c3ccc4c(c3)CCC4)nc(-c3ccc(C(C)C)cc3)c2c1. The first-order valence-electron chi connectivity index (χ1n) is 11.7. The number of hydrogen-bond acceptors (Lipinski definition) is 4. The van der Waals surface area contributed by atoms with Crippen molar-refractivity contribution in [2.24, 2.45) is 0 Å². The normalized spacial score (nSPS) is 12.5. The van der Waals surface area contributed by atoms with E-state index in [4.69, 9.17) is 16.1 Å². The molecule has 3 aromatic carbocycles. The second-order valence-corrected chi connectivity index (χ2v) is 9.01. The van der Waals surface area contributed by atoms with Crippen molar-refractivity contribution < 1.29 is 9.53 Å². The number of terminal acetylenes is 1. The van der Waals surface area contributed by atoms with E-state index in [9.17, 15) is 4.79 Å². The number of fused-ring (bicyclic) bond motifs is 2. The fourth-order valence-corrected chi connectivity index (χ4v) is 4.51. The maximum atomic E-state index is 13.5. The van der Waals surface area contributed by atoms with Gasteiger partial charge < -0.3 is 4.74 Å². The molecule has 1 aromatic heterocycles. The van der Waals surface area contributed by atoms with E-state index < -0.39 is 0 Å². The molecule has 0 saturated carbocycles. The molecule has 5 rings (SSSR count). The molecule has 0 spiro atoms. The molecule has 4 heteroatoms. The Balaban J connectivity index is 1.63. The number of nitrogens with zero attached hydrogens (tertiary/aromatic N) is 2. The monoisotopic (exact) mass is 446 g/mol.